The summed E-state index contributed by atoms with van der Waals surface area (Å²) in [4.78, 5) is 12.5. The Morgan fingerprint density at radius 3 is 2.36 bits per heavy atom. The molecule has 3 aromatic rings. The molecule has 0 aromatic heterocycles. The van der Waals surface area contributed by atoms with Crippen LogP contribution in [0.2, 0.25) is 0 Å². The average molecular weight is 377 g/mol. The Bertz CT molecular complexity index is 908. The predicted molar refractivity (Wildman–Crippen MR) is 109 cm³/mol. The summed E-state index contributed by atoms with van der Waals surface area (Å²) < 4.78 is 11.2. The largest absolute Gasteiger partial charge is 0.493 e. The minimum absolute atomic E-state index is 0.101. The van der Waals surface area contributed by atoms with Gasteiger partial charge in [0.15, 0.2) is 11.5 Å². The van der Waals surface area contributed by atoms with Crippen LogP contribution in [-0.4, -0.2) is 24.7 Å². The van der Waals surface area contributed by atoms with Crippen LogP contribution in [0, 0.1) is 0 Å². The molecular weight excluding hydrogens is 354 g/mol. The third-order valence-corrected chi connectivity index (χ3v) is 4.28. The SMILES string of the molecule is COc1cc(C(=O)Nc2ccc(CCO)cc2)ccc1OCc1ccccc1. The van der Waals surface area contributed by atoms with Gasteiger partial charge in [0.1, 0.15) is 6.61 Å². The van der Waals surface area contributed by atoms with Crippen LogP contribution in [0.15, 0.2) is 72.8 Å². The van der Waals surface area contributed by atoms with Crippen LogP contribution >= 0.6 is 0 Å². The summed E-state index contributed by atoms with van der Waals surface area (Å²) in [6.45, 7) is 0.521. The molecule has 0 heterocycles. The zero-order valence-electron chi connectivity index (χ0n) is 15.7. The number of carbonyl (C=O) groups is 1. The molecule has 5 nitrogen and oxygen atoms in total. The van der Waals surface area contributed by atoms with Gasteiger partial charge < -0.3 is 19.9 Å². The minimum atomic E-state index is -0.234. The summed E-state index contributed by atoms with van der Waals surface area (Å²) in [6, 6.07) is 22.3. The highest BCUT2D eigenvalue weighted by Crippen LogP contribution is 2.29. The van der Waals surface area contributed by atoms with Crippen LogP contribution in [0.1, 0.15) is 21.5 Å². The molecule has 144 valence electrons. The van der Waals surface area contributed by atoms with Crippen molar-refractivity contribution in [2.45, 2.75) is 13.0 Å². The quantitative estimate of drug-likeness (QED) is 0.621. The Morgan fingerprint density at radius 2 is 1.68 bits per heavy atom. The third-order valence-electron chi connectivity index (χ3n) is 4.28. The summed E-state index contributed by atoms with van der Waals surface area (Å²) in [7, 11) is 1.55. The topological polar surface area (TPSA) is 67.8 Å². The zero-order chi connectivity index (χ0) is 19.8. The van der Waals surface area contributed by atoms with Crippen molar-refractivity contribution < 1.29 is 19.4 Å². The maximum atomic E-state index is 12.5. The van der Waals surface area contributed by atoms with Crippen LogP contribution in [0.4, 0.5) is 5.69 Å². The molecule has 3 rings (SSSR count). The highest BCUT2D eigenvalue weighted by molar-refractivity contribution is 6.04. The van der Waals surface area contributed by atoms with Crippen molar-refractivity contribution >= 4 is 11.6 Å². The number of amides is 1. The molecular formula is C23H23NO4. The van der Waals surface area contributed by atoms with E-state index in [1.807, 2.05) is 54.6 Å². The summed E-state index contributed by atoms with van der Waals surface area (Å²) in [5.41, 5.74) is 3.23. The lowest BCUT2D eigenvalue weighted by Gasteiger charge is -2.12. The van der Waals surface area contributed by atoms with Crippen molar-refractivity contribution in [1.82, 2.24) is 0 Å². The molecule has 0 spiro atoms. The van der Waals surface area contributed by atoms with Crippen LogP contribution in [-0.2, 0) is 13.0 Å². The number of aliphatic hydroxyl groups excluding tert-OH is 1. The van der Waals surface area contributed by atoms with E-state index in [2.05, 4.69) is 5.32 Å². The molecule has 0 aliphatic heterocycles. The highest BCUT2D eigenvalue weighted by atomic mass is 16.5. The Labute approximate surface area is 164 Å². The molecule has 0 saturated heterocycles. The molecule has 0 atom stereocenters. The van der Waals surface area contributed by atoms with E-state index in [9.17, 15) is 4.79 Å². The van der Waals surface area contributed by atoms with Gasteiger partial charge in [0.05, 0.1) is 7.11 Å². The van der Waals surface area contributed by atoms with Crippen LogP contribution in [0.25, 0.3) is 0 Å². The number of methoxy groups -OCH3 is 1. The van der Waals surface area contributed by atoms with Gasteiger partial charge in [0, 0.05) is 17.9 Å². The lowest BCUT2D eigenvalue weighted by atomic mass is 10.1. The number of aliphatic hydroxyl groups is 1. The van der Waals surface area contributed by atoms with E-state index in [-0.39, 0.29) is 12.5 Å². The van der Waals surface area contributed by atoms with E-state index in [0.717, 1.165) is 11.1 Å². The maximum Gasteiger partial charge on any atom is 0.255 e. The number of benzene rings is 3. The molecule has 0 fully saturated rings. The molecule has 2 N–H and O–H groups in total. The van der Waals surface area contributed by atoms with Crippen molar-refractivity contribution in [1.29, 1.82) is 0 Å². The van der Waals surface area contributed by atoms with Crippen LogP contribution in [0.3, 0.4) is 0 Å². The van der Waals surface area contributed by atoms with Crippen LogP contribution in [0.5, 0.6) is 11.5 Å². The number of anilines is 1. The van der Waals surface area contributed by atoms with Gasteiger partial charge in [-0.05, 0) is 47.9 Å². The molecule has 0 aliphatic rings. The number of hydrogen-bond donors (Lipinski definition) is 2. The lowest BCUT2D eigenvalue weighted by Crippen LogP contribution is -2.12. The van der Waals surface area contributed by atoms with Gasteiger partial charge in [-0.3, -0.25) is 4.79 Å². The number of carbonyl (C=O) groups excluding carboxylic acids is 1. The van der Waals surface area contributed by atoms with Crippen molar-refractivity contribution in [2.24, 2.45) is 0 Å². The third kappa shape index (κ3) is 5.11. The summed E-state index contributed by atoms with van der Waals surface area (Å²) in [5, 5.41) is 11.8. The second-order valence-electron chi connectivity index (χ2n) is 6.26. The number of ether oxygens (including phenoxy) is 2. The molecule has 3 aromatic carbocycles. The van der Waals surface area contributed by atoms with Crippen LogP contribution < -0.4 is 14.8 Å². The van der Waals surface area contributed by atoms with E-state index in [1.54, 1.807) is 25.3 Å². The number of nitrogens with one attached hydrogen (secondary N) is 1. The summed E-state index contributed by atoms with van der Waals surface area (Å²) in [5.74, 6) is 0.848. The van der Waals surface area contributed by atoms with Crippen molar-refractivity contribution in [2.75, 3.05) is 19.0 Å². The van der Waals surface area contributed by atoms with Gasteiger partial charge in [-0.1, -0.05) is 42.5 Å². The van der Waals surface area contributed by atoms with E-state index in [4.69, 9.17) is 14.6 Å². The fourth-order valence-corrected chi connectivity index (χ4v) is 2.75. The second-order valence-corrected chi connectivity index (χ2v) is 6.26. The monoisotopic (exact) mass is 377 g/mol. The van der Waals surface area contributed by atoms with Gasteiger partial charge in [-0.2, -0.15) is 0 Å². The zero-order valence-corrected chi connectivity index (χ0v) is 15.7. The van der Waals surface area contributed by atoms with E-state index < -0.39 is 0 Å². The van der Waals surface area contributed by atoms with Crippen molar-refractivity contribution in [3.8, 4) is 11.5 Å². The lowest BCUT2D eigenvalue weighted by molar-refractivity contribution is 0.102. The number of hydrogen-bond acceptors (Lipinski definition) is 4. The van der Waals surface area contributed by atoms with Gasteiger partial charge in [0.2, 0.25) is 0 Å². The fraction of sp³-hybridized carbons (Fsp3) is 0.174. The second kappa shape index (κ2) is 9.58. The minimum Gasteiger partial charge on any atom is -0.493 e. The molecule has 0 bridgehead atoms. The normalized spacial score (nSPS) is 10.4. The Morgan fingerprint density at radius 1 is 0.929 bits per heavy atom. The van der Waals surface area contributed by atoms with Gasteiger partial charge in [-0.25, -0.2) is 0 Å². The Hall–Kier alpha value is -3.31. The average Bonchev–Trinajstić information content (AvgIpc) is 2.74. The molecule has 28 heavy (non-hydrogen) atoms. The Balaban J connectivity index is 1.67. The Kier molecular flexibility index (Phi) is 6.65. The fourth-order valence-electron chi connectivity index (χ4n) is 2.75. The molecule has 1 amide bonds. The molecule has 0 radical (unpaired) electrons. The van der Waals surface area contributed by atoms with E-state index >= 15 is 0 Å². The van der Waals surface area contributed by atoms with Crippen molar-refractivity contribution in [3.05, 3.63) is 89.5 Å². The van der Waals surface area contributed by atoms with Gasteiger partial charge >= 0.3 is 0 Å². The smallest absolute Gasteiger partial charge is 0.255 e. The first kappa shape index (κ1) is 19.5. The summed E-state index contributed by atoms with van der Waals surface area (Å²) in [6.07, 6.45) is 0.593. The maximum absolute atomic E-state index is 12.5. The van der Waals surface area contributed by atoms with E-state index in [0.29, 0.717) is 35.8 Å². The first-order valence-corrected chi connectivity index (χ1v) is 9.05. The predicted octanol–water partition coefficient (Wildman–Crippen LogP) is 4.06. The van der Waals surface area contributed by atoms with Crippen molar-refractivity contribution in [3.63, 3.8) is 0 Å². The highest BCUT2D eigenvalue weighted by Gasteiger charge is 2.12. The first-order valence-electron chi connectivity index (χ1n) is 9.05. The standard InChI is InChI=1S/C23H23NO4/c1-27-22-15-19(9-12-21(22)28-16-18-5-3-2-4-6-18)23(26)24-20-10-7-17(8-11-20)13-14-25/h2-12,15,25H,13-14,16H2,1H3,(H,24,26). The van der Waals surface area contributed by atoms with Gasteiger partial charge in [0.25, 0.3) is 5.91 Å². The molecule has 5 heteroatoms. The van der Waals surface area contributed by atoms with Gasteiger partial charge in [-0.15, -0.1) is 0 Å². The molecule has 0 aliphatic carbocycles. The molecule has 0 unspecified atom stereocenters. The van der Waals surface area contributed by atoms with E-state index in [1.165, 1.54) is 0 Å². The molecule has 0 saturated carbocycles. The summed E-state index contributed by atoms with van der Waals surface area (Å²) >= 11 is 0. The first-order chi connectivity index (χ1) is 13.7. The number of rotatable bonds is 8.